The van der Waals surface area contributed by atoms with Gasteiger partial charge in [-0.1, -0.05) is 0 Å². The van der Waals surface area contributed by atoms with Crippen LogP contribution in [0.15, 0.2) is 0 Å². The van der Waals surface area contributed by atoms with Crippen LogP contribution in [0.4, 0.5) is 19.2 Å². The highest BCUT2D eigenvalue weighted by Crippen LogP contribution is 2.26. The van der Waals surface area contributed by atoms with E-state index >= 15 is 0 Å². The lowest BCUT2D eigenvalue weighted by Gasteiger charge is -2.39. The fraction of sp³-hybridized carbons (Fsp3) is 0.895. The van der Waals surface area contributed by atoms with Crippen molar-refractivity contribution >= 4 is 24.1 Å². The average molecular weight is 897 g/mol. The molecule has 0 radical (unpaired) electrons. The number of nitrogens with one attached hydrogen (secondary N) is 8. The van der Waals surface area contributed by atoms with Gasteiger partial charge in [0.1, 0.15) is 0 Å². The van der Waals surface area contributed by atoms with Gasteiger partial charge in [-0.3, -0.25) is 0 Å². The van der Waals surface area contributed by atoms with E-state index in [0.717, 1.165) is 0 Å². The zero-order valence-corrected chi connectivity index (χ0v) is 38.0. The SMILES string of the molecule is CO[C@H]1C[C@H](OC)[C@H](NC(=O)NCNC(=O)N[C@@H]2[C@H](C)O[C@@H](OC)C[C@@H]2OC)[C@H](C)O1.CO[C@H]1C[C@H](OC)[C@H](NC(=O)NCNC(=O)N[C@@H]2[C@H](C)O[C@@H](OC)C[C@@H]2OC)[C@H](C)O1. The third-order valence-corrected chi connectivity index (χ3v) is 11.2. The molecule has 0 aromatic rings. The van der Waals surface area contributed by atoms with Crippen LogP contribution >= 0.6 is 0 Å². The van der Waals surface area contributed by atoms with Crippen molar-refractivity contribution in [1.29, 1.82) is 0 Å². The Labute approximate surface area is 364 Å². The summed E-state index contributed by atoms with van der Waals surface area (Å²) in [7, 11) is 12.5. The monoisotopic (exact) mass is 897 g/mol. The lowest BCUT2D eigenvalue weighted by atomic mass is 9.99. The number of rotatable bonds is 16. The molecule has 4 heterocycles. The highest BCUT2D eigenvalue weighted by molar-refractivity contribution is 5.77. The summed E-state index contributed by atoms with van der Waals surface area (Å²) in [5.41, 5.74) is 0. The van der Waals surface area contributed by atoms with Crippen LogP contribution < -0.4 is 42.5 Å². The second-order valence-electron chi connectivity index (χ2n) is 15.1. The molecule has 4 fully saturated rings. The first-order chi connectivity index (χ1) is 29.6. The van der Waals surface area contributed by atoms with E-state index < -0.39 is 24.1 Å². The maximum Gasteiger partial charge on any atom is 0.316 e. The maximum absolute atomic E-state index is 12.3. The number of hydrogen-bond acceptors (Lipinski definition) is 16. The molecule has 0 aromatic carbocycles. The normalized spacial score (nSPS) is 35.8. The number of hydrogen-bond donors (Lipinski definition) is 8. The van der Waals surface area contributed by atoms with Crippen molar-refractivity contribution in [3.8, 4) is 0 Å². The Morgan fingerprint density at radius 1 is 0.371 bits per heavy atom. The highest BCUT2D eigenvalue weighted by atomic mass is 16.7. The third kappa shape index (κ3) is 16.0. The van der Waals surface area contributed by atoms with E-state index in [0.29, 0.717) is 25.7 Å². The molecule has 24 nitrogen and oxygen atoms in total. The average Bonchev–Trinajstić information content (AvgIpc) is 3.26. The van der Waals surface area contributed by atoms with Crippen molar-refractivity contribution in [3.05, 3.63) is 0 Å². The fourth-order valence-electron chi connectivity index (χ4n) is 7.71. The van der Waals surface area contributed by atoms with Gasteiger partial charge in [-0.15, -0.1) is 0 Å². The smallest absolute Gasteiger partial charge is 0.316 e. The molecular formula is C38H72N8O16. The maximum atomic E-state index is 12.3. The fourth-order valence-corrected chi connectivity index (χ4v) is 7.71. The molecule has 62 heavy (non-hydrogen) atoms. The zero-order chi connectivity index (χ0) is 45.9. The molecule has 360 valence electrons. The second kappa shape index (κ2) is 27.0. The van der Waals surface area contributed by atoms with E-state index in [1.807, 2.05) is 27.7 Å². The Morgan fingerprint density at radius 2 is 0.565 bits per heavy atom. The number of methoxy groups -OCH3 is 8. The van der Waals surface area contributed by atoms with Crippen molar-refractivity contribution in [2.75, 3.05) is 70.2 Å². The molecule has 4 aliphatic heterocycles. The predicted octanol–water partition coefficient (Wildman–Crippen LogP) is -0.256. The Bertz CT molecular complexity index is 1170. The minimum Gasteiger partial charge on any atom is -0.379 e. The van der Waals surface area contributed by atoms with E-state index in [2.05, 4.69) is 42.5 Å². The summed E-state index contributed by atoms with van der Waals surface area (Å²) >= 11 is 0. The van der Waals surface area contributed by atoms with Crippen LogP contribution in [0.2, 0.25) is 0 Å². The molecule has 0 spiro atoms. The van der Waals surface area contributed by atoms with Gasteiger partial charge in [0.15, 0.2) is 25.2 Å². The molecule has 4 aliphatic rings. The van der Waals surface area contributed by atoms with Gasteiger partial charge >= 0.3 is 24.1 Å². The van der Waals surface area contributed by atoms with Gasteiger partial charge in [-0.25, -0.2) is 19.2 Å². The first-order valence-electron chi connectivity index (χ1n) is 20.7. The Hall–Kier alpha value is -3.40. The molecule has 0 aromatic heterocycles. The number of carbonyl (C=O) groups excluding carboxylic acids is 4. The first-order valence-corrected chi connectivity index (χ1v) is 20.7. The third-order valence-electron chi connectivity index (χ3n) is 11.2. The van der Waals surface area contributed by atoms with Gasteiger partial charge < -0.3 is 99.4 Å². The predicted molar refractivity (Wildman–Crippen MR) is 219 cm³/mol. The summed E-state index contributed by atoms with van der Waals surface area (Å²) in [5, 5.41) is 21.7. The Kier molecular flexibility index (Phi) is 23.1. The molecule has 0 bridgehead atoms. The van der Waals surface area contributed by atoms with E-state index in [4.69, 9.17) is 56.8 Å². The van der Waals surface area contributed by atoms with Crippen molar-refractivity contribution < 1.29 is 76.0 Å². The summed E-state index contributed by atoms with van der Waals surface area (Å²) in [6.07, 6.45) is -1.80. The van der Waals surface area contributed by atoms with Crippen LogP contribution in [-0.2, 0) is 56.8 Å². The van der Waals surface area contributed by atoms with Crippen LogP contribution in [0, 0.1) is 0 Å². The van der Waals surface area contributed by atoms with Crippen molar-refractivity contribution in [1.82, 2.24) is 42.5 Å². The van der Waals surface area contributed by atoms with E-state index in [-0.39, 0.29) is 111 Å². The van der Waals surface area contributed by atoms with Crippen LogP contribution in [0.5, 0.6) is 0 Å². The molecular weight excluding hydrogens is 824 g/mol. The van der Waals surface area contributed by atoms with Gasteiger partial charge in [0.2, 0.25) is 0 Å². The lowest BCUT2D eigenvalue weighted by Crippen LogP contribution is -2.60. The largest absolute Gasteiger partial charge is 0.379 e. The number of urea groups is 4. The van der Waals surface area contributed by atoms with E-state index in [1.165, 1.54) is 0 Å². The van der Waals surface area contributed by atoms with Gasteiger partial charge in [-0.2, -0.15) is 0 Å². The summed E-state index contributed by atoms with van der Waals surface area (Å²) in [4.78, 5) is 49.1. The minimum atomic E-state index is -0.453. The van der Waals surface area contributed by atoms with Gasteiger partial charge in [-0.05, 0) is 27.7 Å². The van der Waals surface area contributed by atoms with Gasteiger partial charge in [0.25, 0.3) is 0 Å². The van der Waals surface area contributed by atoms with E-state index in [1.54, 1.807) is 56.9 Å². The zero-order valence-electron chi connectivity index (χ0n) is 38.0. The summed E-state index contributed by atoms with van der Waals surface area (Å²) in [5.74, 6) is 0. The van der Waals surface area contributed by atoms with Crippen LogP contribution in [0.3, 0.4) is 0 Å². The second-order valence-corrected chi connectivity index (χ2v) is 15.1. The van der Waals surface area contributed by atoms with E-state index in [9.17, 15) is 19.2 Å². The standard InChI is InChI=1S/2C19H36N4O8/c2*1-10-16(12(26-3)7-14(28-5)30-10)22-18(24)20-9-21-19(25)23-17-11(2)31-15(29-6)8-13(17)27-4/h2*10-17H,7-9H2,1-6H3,(H2,20,22,24)(H2,21,23,25)/t2*10-,11-,12-,13-,14+,15+,16+,17+/m00/s1. The minimum absolute atomic E-state index is 0.0712. The molecule has 0 unspecified atom stereocenters. The van der Waals surface area contributed by atoms with Crippen molar-refractivity contribution in [2.24, 2.45) is 0 Å². The Balaban J connectivity index is 0.000000330. The van der Waals surface area contributed by atoms with Crippen molar-refractivity contribution in [3.63, 3.8) is 0 Å². The molecule has 16 atom stereocenters. The van der Waals surface area contributed by atoms with Crippen LogP contribution in [-0.4, -0.2) is 192 Å². The van der Waals surface area contributed by atoms with Gasteiger partial charge in [0, 0.05) is 82.6 Å². The summed E-state index contributed by atoms with van der Waals surface area (Å²) in [6.45, 7) is 7.20. The van der Waals surface area contributed by atoms with Crippen LogP contribution in [0.25, 0.3) is 0 Å². The Morgan fingerprint density at radius 3 is 0.726 bits per heavy atom. The summed E-state index contributed by atoms with van der Waals surface area (Å²) in [6, 6.07) is -3.25. The highest BCUT2D eigenvalue weighted by Gasteiger charge is 2.41. The van der Waals surface area contributed by atoms with Crippen LogP contribution in [0.1, 0.15) is 53.4 Å². The first kappa shape index (κ1) is 52.9. The molecule has 8 amide bonds. The van der Waals surface area contributed by atoms with Gasteiger partial charge in [0.05, 0.1) is 86.3 Å². The van der Waals surface area contributed by atoms with Crippen molar-refractivity contribution in [2.45, 2.75) is 152 Å². The molecule has 24 heteroatoms. The quantitative estimate of drug-likeness (QED) is 0.0928. The number of carbonyl (C=O) groups is 4. The molecule has 8 N–H and O–H groups in total. The number of ether oxygens (including phenoxy) is 12. The molecule has 0 aliphatic carbocycles. The molecule has 4 rings (SSSR count). The molecule has 0 saturated carbocycles. The summed E-state index contributed by atoms with van der Waals surface area (Å²) < 4.78 is 65.6. The molecule has 4 saturated heterocycles. The number of amides is 8. The lowest BCUT2D eigenvalue weighted by molar-refractivity contribution is -0.212. The topological polar surface area (TPSA) is 275 Å².